The Morgan fingerprint density at radius 1 is 1.37 bits per heavy atom. The van der Waals surface area contributed by atoms with Gasteiger partial charge < -0.3 is 9.73 Å². The Morgan fingerprint density at radius 2 is 2.16 bits per heavy atom. The summed E-state index contributed by atoms with van der Waals surface area (Å²) >= 11 is 2.03. The van der Waals surface area contributed by atoms with Crippen LogP contribution in [0.3, 0.4) is 0 Å². The summed E-state index contributed by atoms with van der Waals surface area (Å²) in [5.41, 5.74) is 1.05. The second kappa shape index (κ2) is 6.01. The Kier molecular flexibility index (Phi) is 4.36. The van der Waals surface area contributed by atoms with Gasteiger partial charge in [0.1, 0.15) is 11.6 Å². The van der Waals surface area contributed by atoms with Crippen molar-refractivity contribution >= 4 is 40.3 Å². The third-order valence-corrected chi connectivity index (χ3v) is 2.95. The summed E-state index contributed by atoms with van der Waals surface area (Å²) in [6, 6.07) is 8.09. The summed E-state index contributed by atoms with van der Waals surface area (Å²) in [6.45, 7) is 1.83. The molecular formula is C14H11FINO2. The van der Waals surface area contributed by atoms with Crippen LogP contribution in [-0.2, 0) is 4.79 Å². The van der Waals surface area contributed by atoms with Gasteiger partial charge in [-0.05, 0) is 65.4 Å². The largest absolute Gasteiger partial charge is 0.451 e. The molecule has 2 aromatic rings. The number of carbonyl (C=O) groups is 1. The topological polar surface area (TPSA) is 42.2 Å². The Morgan fingerprint density at radius 3 is 2.84 bits per heavy atom. The molecule has 98 valence electrons. The number of anilines is 1. The average Bonchev–Trinajstić information content (AvgIpc) is 2.77. The summed E-state index contributed by atoms with van der Waals surface area (Å²) in [5.74, 6) is -0.292. The predicted octanol–water partition coefficient (Wildman–Crippen LogP) is 3.98. The predicted molar refractivity (Wildman–Crippen MR) is 80.2 cm³/mol. The van der Waals surface area contributed by atoms with Crippen molar-refractivity contribution in [2.24, 2.45) is 0 Å². The van der Waals surface area contributed by atoms with E-state index in [1.807, 2.05) is 29.5 Å². The van der Waals surface area contributed by atoms with E-state index in [0.29, 0.717) is 5.76 Å². The molecule has 3 nitrogen and oxygen atoms in total. The number of hydrogen-bond acceptors (Lipinski definition) is 2. The van der Waals surface area contributed by atoms with Crippen molar-refractivity contribution in [2.45, 2.75) is 6.92 Å². The maximum absolute atomic E-state index is 13.4. The second-order valence-corrected chi connectivity index (χ2v) is 5.01. The van der Waals surface area contributed by atoms with E-state index in [-0.39, 0.29) is 5.69 Å². The fourth-order valence-corrected chi connectivity index (χ4v) is 1.92. The Bertz CT molecular complexity index is 634. The van der Waals surface area contributed by atoms with E-state index in [2.05, 4.69) is 5.32 Å². The molecule has 0 aliphatic carbocycles. The molecule has 1 heterocycles. The van der Waals surface area contributed by atoms with E-state index in [1.54, 1.807) is 24.3 Å². The van der Waals surface area contributed by atoms with Crippen molar-refractivity contribution in [3.05, 3.63) is 57.3 Å². The van der Waals surface area contributed by atoms with Gasteiger partial charge in [-0.2, -0.15) is 0 Å². The molecule has 0 bridgehead atoms. The number of hydrogen-bond donors (Lipinski definition) is 1. The van der Waals surface area contributed by atoms with Gasteiger partial charge in [0.15, 0.2) is 3.77 Å². The average molecular weight is 371 g/mol. The number of carbonyl (C=O) groups excluding carboxylic acids is 1. The number of benzene rings is 1. The van der Waals surface area contributed by atoms with Crippen LogP contribution >= 0.6 is 22.6 Å². The minimum Gasteiger partial charge on any atom is -0.451 e. The number of aryl methyl sites for hydroxylation is 1. The maximum atomic E-state index is 13.4. The molecule has 1 N–H and O–H groups in total. The quantitative estimate of drug-likeness (QED) is 0.655. The molecule has 0 aliphatic heterocycles. The minimum absolute atomic E-state index is 0.170. The Hall–Kier alpha value is -1.63. The molecule has 0 aliphatic rings. The first-order valence-electron chi connectivity index (χ1n) is 5.55. The van der Waals surface area contributed by atoms with Crippen molar-refractivity contribution in [3.63, 3.8) is 0 Å². The lowest BCUT2D eigenvalue weighted by atomic mass is 10.2. The van der Waals surface area contributed by atoms with Crippen molar-refractivity contribution in [3.8, 4) is 0 Å². The van der Waals surface area contributed by atoms with E-state index >= 15 is 0 Å². The normalized spacial score (nSPS) is 10.9. The van der Waals surface area contributed by atoms with Crippen LogP contribution in [0, 0.1) is 16.5 Å². The molecule has 0 spiro atoms. The molecule has 0 fully saturated rings. The van der Waals surface area contributed by atoms with Gasteiger partial charge in [-0.25, -0.2) is 4.39 Å². The molecule has 0 radical (unpaired) electrons. The SMILES string of the molecule is Cc1ccc(F)c(NC(=O)/C=C/c2ccc(I)o2)c1. The first kappa shape index (κ1) is 13.8. The molecule has 19 heavy (non-hydrogen) atoms. The van der Waals surface area contributed by atoms with Crippen LogP contribution in [0.15, 0.2) is 40.8 Å². The van der Waals surface area contributed by atoms with Gasteiger partial charge in [-0.3, -0.25) is 4.79 Å². The highest BCUT2D eigenvalue weighted by Crippen LogP contribution is 2.16. The van der Waals surface area contributed by atoms with Crippen LogP contribution in [0.4, 0.5) is 10.1 Å². The molecular weight excluding hydrogens is 360 g/mol. The maximum Gasteiger partial charge on any atom is 0.248 e. The van der Waals surface area contributed by atoms with Gasteiger partial charge >= 0.3 is 0 Å². The minimum atomic E-state index is -0.458. The summed E-state index contributed by atoms with van der Waals surface area (Å²) in [5, 5.41) is 2.48. The molecule has 1 aromatic heterocycles. The number of halogens is 2. The molecule has 1 amide bonds. The lowest BCUT2D eigenvalue weighted by Crippen LogP contribution is -2.09. The fourth-order valence-electron chi connectivity index (χ4n) is 1.48. The molecule has 1 aromatic carbocycles. The zero-order valence-electron chi connectivity index (χ0n) is 10.1. The molecule has 5 heteroatoms. The third kappa shape index (κ3) is 3.92. The van der Waals surface area contributed by atoms with E-state index in [1.165, 1.54) is 18.2 Å². The van der Waals surface area contributed by atoms with Crippen LogP contribution in [0.25, 0.3) is 6.08 Å². The molecule has 0 unspecified atom stereocenters. The van der Waals surface area contributed by atoms with Crippen LogP contribution in [-0.4, -0.2) is 5.91 Å². The molecule has 2 rings (SSSR count). The summed E-state index contributed by atoms with van der Waals surface area (Å²) in [4.78, 5) is 11.6. The van der Waals surface area contributed by atoms with E-state index in [4.69, 9.17) is 4.42 Å². The van der Waals surface area contributed by atoms with Crippen molar-refractivity contribution in [1.82, 2.24) is 0 Å². The Labute approximate surface area is 123 Å². The number of furan rings is 1. The Balaban J connectivity index is 2.05. The lowest BCUT2D eigenvalue weighted by Gasteiger charge is -2.04. The highest BCUT2D eigenvalue weighted by atomic mass is 127. The lowest BCUT2D eigenvalue weighted by molar-refractivity contribution is -0.111. The van der Waals surface area contributed by atoms with Crippen LogP contribution in [0.5, 0.6) is 0 Å². The zero-order valence-corrected chi connectivity index (χ0v) is 12.3. The standard InChI is InChI=1S/C14H11FINO2/c1-9-2-5-11(15)12(8-9)17-14(18)7-4-10-3-6-13(16)19-10/h2-8H,1H3,(H,17,18)/b7-4+. The summed E-state index contributed by atoms with van der Waals surface area (Å²) < 4.78 is 19.4. The van der Waals surface area contributed by atoms with Crippen LogP contribution < -0.4 is 5.32 Å². The molecule has 0 atom stereocenters. The van der Waals surface area contributed by atoms with E-state index in [0.717, 1.165) is 9.33 Å². The van der Waals surface area contributed by atoms with Gasteiger partial charge in [0.25, 0.3) is 0 Å². The zero-order chi connectivity index (χ0) is 13.8. The highest BCUT2D eigenvalue weighted by molar-refractivity contribution is 14.1. The summed E-state index contributed by atoms with van der Waals surface area (Å²) in [7, 11) is 0. The molecule has 0 saturated heterocycles. The molecule has 0 saturated carbocycles. The number of nitrogens with one attached hydrogen (secondary N) is 1. The van der Waals surface area contributed by atoms with Crippen molar-refractivity contribution in [1.29, 1.82) is 0 Å². The van der Waals surface area contributed by atoms with Crippen LogP contribution in [0.2, 0.25) is 0 Å². The van der Waals surface area contributed by atoms with Gasteiger partial charge in [0, 0.05) is 6.08 Å². The van der Waals surface area contributed by atoms with Crippen molar-refractivity contribution in [2.75, 3.05) is 5.32 Å². The summed E-state index contributed by atoms with van der Waals surface area (Å²) in [6.07, 6.45) is 2.84. The van der Waals surface area contributed by atoms with Crippen LogP contribution in [0.1, 0.15) is 11.3 Å². The third-order valence-electron chi connectivity index (χ3n) is 2.37. The first-order chi connectivity index (χ1) is 9.04. The smallest absolute Gasteiger partial charge is 0.248 e. The van der Waals surface area contributed by atoms with Gasteiger partial charge in [-0.1, -0.05) is 6.07 Å². The van der Waals surface area contributed by atoms with Gasteiger partial charge in [0.2, 0.25) is 5.91 Å². The van der Waals surface area contributed by atoms with E-state index < -0.39 is 11.7 Å². The number of rotatable bonds is 3. The highest BCUT2D eigenvalue weighted by Gasteiger charge is 2.05. The van der Waals surface area contributed by atoms with Crippen molar-refractivity contribution < 1.29 is 13.6 Å². The van der Waals surface area contributed by atoms with Gasteiger partial charge in [0.05, 0.1) is 5.69 Å². The fraction of sp³-hybridized carbons (Fsp3) is 0.0714. The second-order valence-electron chi connectivity index (χ2n) is 3.95. The van der Waals surface area contributed by atoms with Gasteiger partial charge in [-0.15, -0.1) is 0 Å². The monoisotopic (exact) mass is 371 g/mol. The first-order valence-corrected chi connectivity index (χ1v) is 6.63. The van der Waals surface area contributed by atoms with E-state index in [9.17, 15) is 9.18 Å². The number of amides is 1.